The van der Waals surface area contributed by atoms with Gasteiger partial charge < -0.3 is 5.11 Å². The fourth-order valence-corrected chi connectivity index (χ4v) is 0.921. The standard InChI is InChI=1S/C11H10O3/c1-8-2-4-9(5-3-8)6-7-10(12)11(13)14/h2-7H,1H3,(H,13,14)/b7-6-. The molecular weight excluding hydrogens is 180 g/mol. The van der Waals surface area contributed by atoms with Crippen LogP contribution in [-0.2, 0) is 9.59 Å². The van der Waals surface area contributed by atoms with Gasteiger partial charge in [0.1, 0.15) is 0 Å². The summed E-state index contributed by atoms with van der Waals surface area (Å²) in [5.41, 5.74) is 1.93. The Labute approximate surface area is 81.7 Å². The molecule has 0 heterocycles. The van der Waals surface area contributed by atoms with E-state index in [1.165, 1.54) is 6.08 Å². The van der Waals surface area contributed by atoms with Crippen LogP contribution in [0.3, 0.4) is 0 Å². The lowest BCUT2D eigenvalue weighted by Gasteiger charge is -1.93. The molecule has 1 aromatic carbocycles. The first-order valence-corrected chi connectivity index (χ1v) is 4.11. The lowest BCUT2D eigenvalue weighted by atomic mass is 10.1. The van der Waals surface area contributed by atoms with Gasteiger partial charge in [-0.05, 0) is 18.6 Å². The molecule has 1 aromatic rings. The maximum absolute atomic E-state index is 10.7. The van der Waals surface area contributed by atoms with Crippen LogP contribution in [0.25, 0.3) is 6.08 Å². The summed E-state index contributed by atoms with van der Waals surface area (Å²) in [7, 11) is 0. The van der Waals surface area contributed by atoms with Crippen LogP contribution in [-0.4, -0.2) is 16.9 Å². The van der Waals surface area contributed by atoms with Gasteiger partial charge in [0.2, 0.25) is 0 Å². The van der Waals surface area contributed by atoms with Gasteiger partial charge in [-0.1, -0.05) is 35.9 Å². The molecule has 0 aliphatic rings. The molecule has 1 rings (SSSR count). The second kappa shape index (κ2) is 4.37. The molecule has 14 heavy (non-hydrogen) atoms. The number of hydrogen-bond donors (Lipinski definition) is 1. The van der Waals surface area contributed by atoms with Crippen LogP contribution in [0.15, 0.2) is 30.3 Å². The number of benzene rings is 1. The summed E-state index contributed by atoms with van der Waals surface area (Å²) in [5.74, 6) is -2.35. The summed E-state index contributed by atoms with van der Waals surface area (Å²) in [5, 5.41) is 8.30. The van der Waals surface area contributed by atoms with E-state index < -0.39 is 11.8 Å². The van der Waals surface area contributed by atoms with Gasteiger partial charge in [-0.25, -0.2) is 4.79 Å². The Balaban J connectivity index is 2.74. The van der Waals surface area contributed by atoms with Crippen LogP contribution < -0.4 is 0 Å². The van der Waals surface area contributed by atoms with Gasteiger partial charge in [0.25, 0.3) is 5.78 Å². The Morgan fingerprint density at radius 2 is 1.79 bits per heavy atom. The molecule has 0 atom stereocenters. The Morgan fingerprint density at radius 1 is 1.21 bits per heavy atom. The van der Waals surface area contributed by atoms with Crippen molar-refractivity contribution in [3.05, 3.63) is 41.5 Å². The first-order valence-electron chi connectivity index (χ1n) is 4.11. The third-order valence-electron chi connectivity index (χ3n) is 1.72. The van der Waals surface area contributed by atoms with E-state index in [-0.39, 0.29) is 0 Å². The molecule has 0 fully saturated rings. The molecule has 0 radical (unpaired) electrons. The third-order valence-corrected chi connectivity index (χ3v) is 1.72. The van der Waals surface area contributed by atoms with E-state index >= 15 is 0 Å². The van der Waals surface area contributed by atoms with Gasteiger partial charge in [-0.15, -0.1) is 0 Å². The quantitative estimate of drug-likeness (QED) is 0.582. The van der Waals surface area contributed by atoms with Crippen LogP contribution in [0.4, 0.5) is 0 Å². The predicted octanol–water partition coefficient (Wildman–Crippen LogP) is 1.66. The summed E-state index contributed by atoms with van der Waals surface area (Å²) < 4.78 is 0. The average Bonchev–Trinajstić information content (AvgIpc) is 2.16. The molecule has 72 valence electrons. The number of carboxylic acid groups (broad SMARTS) is 1. The Bertz CT molecular complexity index is 374. The highest BCUT2D eigenvalue weighted by Crippen LogP contribution is 2.04. The maximum atomic E-state index is 10.7. The van der Waals surface area contributed by atoms with Gasteiger partial charge in [-0.3, -0.25) is 4.79 Å². The number of hydrogen-bond acceptors (Lipinski definition) is 2. The number of aryl methyl sites for hydroxylation is 1. The second-order valence-electron chi connectivity index (χ2n) is 2.91. The van der Waals surface area contributed by atoms with Crippen LogP contribution in [0, 0.1) is 6.92 Å². The fourth-order valence-electron chi connectivity index (χ4n) is 0.921. The Morgan fingerprint density at radius 3 is 2.29 bits per heavy atom. The average molecular weight is 190 g/mol. The van der Waals surface area contributed by atoms with E-state index in [0.717, 1.165) is 17.2 Å². The van der Waals surface area contributed by atoms with Gasteiger partial charge >= 0.3 is 5.97 Å². The highest BCUT2D eigenvalue weighted by Gasteiger charge is 2.04. The largest absolute Gasteiger partial charge is 0.475 e. The number of rotatable bonds is 3. The molecule has 0 saturated carbocycles. The monoisotopic (exact) mass is 190 g/mol. The first kappa shape index (κ1) is 10.2. The molecule has 0 aromatic heterocycles. The number of carbonyl (C=O) groups excluding carboxylic acids is 1. The maximum Gasteiger partial charge on any atom is 0.376 e. The van der Waals surface area contributed by atoms with E-state index in [2.05, 4.69) is 0 Å². The molecule has 0 bridgehead atoms. The Hall–Kier alpha value is -1.90. The van der Waals surface area contributed by atoms with Gasteiger partial charge in [0, 0.05) is 0 Å². The number of aliphatic carboxylic acids is 1. The zero-order valence-electron chi connectivity index (χ0n) is 7.73. The predicted molar refractivity (Wildman–Crippen MR) is 52.9 cm³/mol. The molecule has 0 spiro atoms. The molecule has 0 aliphatic heterocycles. The van der Waals surface area contributed by atoms with E-state index in [1.54, 1.807) is 0 Å². The minimum absolute atomic E-state index is 0.810. The number of carboxylic acids is 1. The molecule has 0 amide bonds. The molecule has 3 heteroatoms. The Kier molecular flexibility index (Phi) is 3.18. The number of carbonyl (C=O) groups is 2. The van der Waals surface area contributed by atoms with Crippen molar-refractivity contribution in [3.8, 4) is 0 Å². The molecular formula is C11H10O3. The lowest BCUT2D eigenvalue weighted by Crippen LogP contribution is -2.08. The minimum atomic E-state index is -1.44. The topological polar surface area (TPSA) is 54.4 Å². The van der Waals surface area contributed by atoms with Crippen LogP contribution in [0.2, 0.25) is 0 Å². The van der Waals surface area contributed by atoms with Crippen LogP contribution in [0.1, 0.15) is 11.1 Å². The summed E-state index contributed by atoms with van der Waals surface area (Å²) in [6.07, 6.45) is 2.53. The van der Waals surface area contributed by atoms with Crippen molar-refractivity contribution in [1.82, 2.24) is 0 Å². The van der Waals surface area contributed by atoms with E-state index in [9.17, 15) is 9.59 Å². The van der Waals surface area contributed by atoms with Gasteiger partial charge in [0.05, 0.1) is 0 Å². The van der Waals surface area contributed by atoms with Crippen LogP contribution >= 0.6 is 0 Å². The zero-order chi connectivity index (χ0) is 10.6. The second-order valence-corrected chi connectivity index (χ2v) is 2.91. The van der Waals surface area contributed by atoms with Gasteiger partial charge in [-0.2, -0.15) is 0 Å². The summed E-state index contributed by atoms with van der Waals surface area (Å²) in [4.78, 5) is 20.9. The normalized spacial score (nSPS) is 10.4. The van der Waals surface area contributed by atoms with E-state index in [1.807, 2.05) is 31.2 Å². The third kappa shape index (κ3) is 2.86. The molecule has 1 N–H and O–H groups in total. The zero-order valence-corrected chi connectivity index (χ0v) is 7.73. The molecule has 0 unspecified atom stereocenters. The SMILES string of the molecule is Cc1ccc(/C=C\C(=O)C(=O)O)cc1. The molecule has 3 nitrogen and oxygen atoms in total. The van der Waals surface area contributed by atoms with E-state index in [4.69, 9.17) is 5.11 Å². The highest BCUT2D eigenvalue weighted by molar-refractivity contribution is 6.38. The van der Waals surface area contributed by atoms with E-state index in [0.29, 0.717) is 0 Å². The van der Waals surface area contributed by atoms with Crippen molar-refractivity contribution in [2.75, 3.05) is 0 Å². The van der Waals surface area contributed by atoms with Crippen LogP contribution in [0.5, 0.6) is 0 Å². The summed E-state index contributed by atoms with van der Waals surface area (Å²) in [6.45, 7) is 1.95. The summed E-state index contributed by atoms with van der Waals surface area (Å²) >= 11 is 0. The number of ketones is 1. The van der Waals surface area contributed by atoms with Crippen molar-refractivity contribution in [2.45, 2.75) is 6.92 Å². The summed E-state index contributed by atoms with van der Waals surface area (Å²) in [6, 6.07) is 7.43. The molecule has 0 saturated heterocycles. The van der Waals surface area contributed by atoms with Crippen molar-refractivity contribution in [1.29, 1.82) is 0 Å². The lowest BCUT2D eigenvalue weighted by molar-refractivity contribution is -0.146. The van der Waals surface area contributed by atoms with Crippen molar-refractivity contribution >= 4 is 17.8 Å². The van der Waals surface area contributed by atoms with Crippen molar-refractivity contribution in [2.24, 2.45) is 0 Å². The fraction of sp³-hybridized carbons (Fsp3) is 0.0909. The van der Waals surface area contributed by atoms with Crippen molar-refractivity contribution < 1.29 is 14.7 Å². The smallest absolute Gasteiger partial charge is 0.376 e. The van der Waals surface area contributed by atoms with Crippen molar-refractivity contribution in [3.63, 3.8) is 0 Å². The first-order chi connectivity index (χ1) is 6.59. The van der Waals surface area contributed by atoms with Gasteiger partial charge in [0.15, 0.2) is 0 Å². The molecule has 0 aliphatic carbocycles. The highest BCUT2D eigenvalue weighted by atomic mass is 16.4. The minimum Gasteiger partial charge on any atom is -0.475 e.